The van der Waals surface area contributed by atoms with Gasteiger partial charge in [-0.3, -0.25) is 0 Å². The van der Waals surface area contributed by atoms with E-state index in [0.717, 1.165) is 0 Å². The van der Waals surface area contributed by atoms with Gasteiger partial charge in [0.2, 0.25) is 0 Å². The molecule has 0 heteroatoms. The molecule has 0 aliphatic heterocycles. The summed E-state index contributed by atoms with van der Waals surface area (Å²) >= 11 is 0. The molecule has 0 atom stereocenters. The lowest BCUT2D eigenvalue weighted by atomic mass is 9.80. The Balaban J connectivity index is 1.30. The second-order valence-corrected chi connectivity index (χ2v) is 15.3. The molecule has 10 rings (SSSR count). The van der Waals surface area contributed by atoms with Crippen LogP contribution in [0.25, 0.3) is 77.2 Å². The van der Waals surface area contributed by atoms with Crippen LogP contribution in [0.1, 0.15) is 49.9 Å². The topological polar surface area (TPSA) is 0 Å². The Morgan fingerprint density at radius 1 is 0.280 bits per heavy atom. The Bertz CT molecular complexity index is 2690. The maximum Gasteiger partial charge on any atom is 0.0159 e. The zero-order valence-corrected chi connectivity index (χ0v) is 29.0. The Labute approximate surface area is 294 Å². The highest BCUT2D eigenvalue weighted by atomic mass is 14.4. The molecule has 50 heavy (non-hydrogen) atoms. The van der Waals surface area contributed by atoms with Crippen LogP contribution in [-0.2, 0) is 10.8 Å². The molecule has 8 aromatic carbocycles. The van der Waals surface area contributed by atoms with Crippen molar-refractivity contribution in [3.63, 3.8) is 0 Å². The van der Waals surface area contributed by atoms with Gasteiger partial charge in [0, 0.05) is 10.8 Å². The quantitative estimate of drug-likeness (QED) is 0.169. The highest BCUT2D eigenvalue weighted by molar-refractivity contribution is 6.23. The summed E-state index contributed by atoms with van der Waals surface area (Å²) in [5.74, 6) is 0. The molecule has 0 nitrogen and oxygen atoms in total. The monoisotopic (exact) mass is 638 g/mol. The van der Waals surface area contributed by atoms with Gasteiger partial charge >= 0.3 is 0 Å². The predicted octanol–water partition coefficient (Wildman–Crippen LogP) is 13.6. The summed E-state index contributed by atoms with van der Waals surface area (Å²) in [5, 5.41) is 5.15. The highest BCUT2D eigenvalue weighted by Gasteiger charge is 2.38. The van der Waals surface area contributed by atoms with Gasteiger partial charge in [-0.2, -0.15) is 0 Å². The van der Waals surface area contributed by atoms with Crippen molar-refractivity contribution >= 4 is 21.5 Å². The summed E-state index contributed by atoms with van der Waals surface area (Å²) in [6.45, 7) is 9.49. The third-order valence-electron chi connectivity index (χ3n) is 11.9. The molecule has 0 bridgehead atoms. The van der Waals surface area contributed by atoms with Gasteiger partial charge < -0.3 is 0 Å². The summed E-state index contributed by atoms with van der Waals surface area (Å²) in [6, 6.07) is 59.3. The second kappa shape index (κ2) is 10.4. The summed E-state index contributed by atoms with van der Waals surface area (Å²) in [6.07, 6.45) is 0. The average molecular weight is 639 g/mol. The Hall–Kier alpha value is -5.72. The predicted molar refractivity (Wildman–Crippen MR) is 213 cm³/mol. The van der Waals surface area contributed by atoms with Gasteiger partial charge in [-0.15, -0.1) is 0 Å². The first-order chi connectivity index (χ1) is 24.3. The third-order valence-corrected chi connectivity index (χ3v) is 11.9. The number of hydrogen-bond acceptors (Lipinski definition) is 0. The van der Waals surface area contributed by atoms with Gasteiger partial charge in [-0.25, -0.2) is 0 Å². The first-order valence-corrected chi connectivity index (χ1v) is 17.9. The minimum atomic E-state index is -0.0719. The van der Waals surface area contributed by atoms with E-state index in [9.17, 15) is 0 Å². The molecule has 0 saturated carbocycles. The smallest absolute Gasteiger partial charge is 0.0159 e. The normalized spacial score (nSPS) is 14.7. The molecule has 8 aromatic rings. The molecular formula is C50H38. The Kier molecular flexibility index (Phi) is 6.07. The number of fused-ring (bicyclic) bond motifs is 8. The fourth-order valence-corrected chi connectivity index (χ4v) is 9.41. The molecule has 2 aliphatic rings. The number of benzene rings is 8. The highest BCUT2D eigenvalue weighted by Crippen LogP contribution is 2.55. The van der Waals surface area contributed by atoms with Crippen molar-refractivity contribution in [3.05, 3.63) is 180 Å². The standard InChI is InChI=1S/C50H38/c1-49(2)43-23-13-11-20-39(43)48-40(21-14-24-44(48)49)47-37-19-9-8-18-36(37)46(31-15-6-5-7-16-31)38-28-26-32(29-41(38)47)33-25-27-35-34-17-10-12-22-42(34)50(3,4)45(35)30-33/h5-30H,1-4H3. The lowest BCUT2D eigenvalue weighted by Crippen LogP contribution is -2.14. The molecule has 0 N–H and O–H groups in total. The van der Waals surface area contributed by atoms with Crippen LogP contribution in [0.2, 0.25) is 0 Å². The van der Waals surface area contributed by atoms with Crippen LogP contribution in [0.4, 0.5) is 0 Å². The van der Waals surface area contributed by atoms with Crippen LogP contribution in [0, 0.1) is 0 Å². The molecule has 238 valence electrons. The zero-order valence-electron chi connectivity index (χ0n) is 29.0. The van der Waals surface area contributed by atoms with Crippen LogP contribution in [0.15, 0.2) is 158 Å². The van der Waals surface area contributed by atoms with E-state index in [-0.39, 0.29) is 10.8 Å². The van der Waals surface area contributed by atoms with Crippen LogP contribution >= 0.6 is 0 Å². The molecule has 0 fully saturated rings. The third kappa shape index (κ3) is 3.94. The molecule has 2 aliphatic carbocycles. The molecule has 0 aromatic heterocycles. The molecule has 0 radical (unpaired) electrons. The molecule has 0 unspecified atom stereocenters. The van der Waals surface area contributed by atoms with E-state index in [1.807, 2.05) is 0 Å². The van der Waals surface area contributed by atoms with Crippen molar-refractivity contribution in [1.29, 1.82) is 0 Å². The van der Waals surface area contributed by atoms with Crippen LogP contribution in [0.5, 0.6) is 0 Å². The molecule has 0 spiro atoms. The van der Waals surface area contributed by atoms with E-state index in [0.29, 0.717) is 0 Å². The van der Waals surface area contributed by atoms with Crippen LogP contribution in [-0.4, -0.2) is 0 Å². The first kappa shape index (κ1) is 29.2. The van der Waals surface area contributed by atoms with E-state index in [1.54, 1.807) is 0 Å². The van der Waals surface area contributed by atoms with Gasteiger partial charge in [0.25, 0.3) is 0 Å². The fraction of sp³-hybridized carbons (Fsp3) is 0.120. The molecule has 0 amide bonds. The van der Waals surface area contributed by atoms with E-state index >= 15 is 0 Å². The Morgan fingerprint density at radius 3 is 1.58 bits per heavy atom. The second-order valence-electron chi connectivity index (χ2n) is 15.3. The molecule has 0 saturated heterocycles. The van der Waals surface area contributed by atoms with E-state index < -0.39 is 0 Å². The minimum Gasteiger partial charge on any atom is -0.0622 e. The van der Waals surface area contributed by atoms with Crippen molar-refractivity contribution < 1.29 is 0 Å². The van der Waals surface area contributed by atoms with Crippen LogP contribution < -0.4 is 0 Å². The van der Waals surface area contributed by atoms with Gasteiger partial charge in [0.05, 0.1) is 0 Å². The van der Waals surface area contributed by atoms with Gasteiger partial charge in [-0.05, 0) is 112 Å². The number of hydrogen-bond donors (Lipinski definition) is 0. The van der Waals surface area contributed by atoms with Crippen molar-refractivity contribution in [2.24, 2.45) is 0 Å². The summed E-state index contributed by atoms with van der Waals surface area (Å²) in [4.78, 5) is 0. The van der Waals surface area contributed by atoms with Crippen molar-refractivity contribution in [1.82, 2.24) is 0 Å². The van der Waals surface area contributed by atoms with Crippen molar-refractivity contribution in [2.75, 3.05) is 0 Å². The van der Waals surface area contributed by atoms with E-state index in [2.05, 4.69) is 185 Å². The summed E-state index contributed by atoms with van der Waals surface area (Å²) in [7, 11) is 0. The lowest BCUT2D eigenvalue weighted by molar-refractivity contribution is 0.660. The first-order valence-electron chi connectivity index (χ1n) is 17.9. The van der Waals surface area contributed by atoms with Gasteiger partial charge in [0.1, 0.15) is 0 Å². The van der Waals surface area contributed by atoms with E-state index in [1.165, 1.54) is 99.4 Å². The van der Waals surface area contributed by atoms with Crippen LogP contribution in [0.3, 0.4) is 0 Å². The molecule has 0 heterocycles. The summed E-state index contributed by atoms with van der Waals surface area (Å²) in [5.41, 5.74) is 18.6. The Morgan fingerprint density at radius 2 is 0.800 bits per heavy atom. The fourth-order valence-electron chi connectivity index (χ4n) is 9.41. The van der Waals surface area contributed by atoms with Crippen molar-refractivity contribution in [2.45, 2.75) is 38.5 Å². The van der Waals surface area contributed by atoms with E-state index in [4.69, 9.17) is 0 Å². The maximum atomic E-state index is 2.48. The van der Waals surface area contributed by atoms with Crippen molar-refractivity contribution in [3.8, 4) is 55.6 Å². The average Bonchev–Trinajstić information content (AvgIpc) is 3.53. The number of rotatable bonds is 3. The van der Waals surface area contributed by atoms with Gasteiger partial charge in [0.15, 0.2) is 0 Å². The zero-order chi connectivity index (χ0) is 33.8. The maximum absolute atomic E-state index is 2.48. The largest absolute Gasteiger partial charge is 0.0622 e. The SMILES string of the molecule is CC1(C)c2ccccc2-c2ccc(-c3ccc4c(-c5ccccc5)c5ccccc5c(-c5cccc6c5-c5ccccc5C6(C)C)c4c3)cc21. The lowest BCUT2D eigenvalue weighted by Gasteiger charge is -2.23. The van der Waals surface area contributed by atoms with Gasteiger partial charge in [-0.1, -0.05) is 173 Å². The minimum absolute atomic E-state index is 0.0502. The molecular weight excluding hydrogens is 601 g/mol. The summed E-state index contributed by atoms with van der Waals surface area (Å²) < 4.78 is 0.